The number of nitrogens with one attached hydrogen (secondary N) is 3. The fourth-order valence-corrected chi connectivity index (χ4v) is 5.11. The fraction of sp³-hybridized carbons (Fsp3) is 0.476. The molecule has 0 radical (unpaired) electrons. The van der Waals surface area contributed by atoms with Crippen LogP contribution in [0.3, 0.4) is 0 Å². The zero-order valence-electron chi connectivity index (χ0n) is 18.2. The molecular weight excluding hydrogens is 490 g/mol. The maximum Gasteiger partial charge on any atom is 0.319 e. The van der Waals surface area contributed by atoms with Gasteiger partial charge >= 0.3 is 6.03 Å². The molecule has 4 rings (SSSR count). The van der Waals surface area contributed by atoms with E-state index in [0.717, 1.165) is 62.7 Å². The lowest BCUT2D eigenvalue weighted by atomic mass is 9.91. The van der Waals surface area contributed by atoms with Crippen molar-refractivity contribution in [2.45, 2.75) is 25.5 Å². The van der Waals surface area contributed by atoms with Crippen LogP contribution in [0.2, 0.25) is 5.02 Å². The lowest BCUT2D eigenvalue weighted by Crippen LogP contribution is -2.56. The van der Waals surface area contributed by atoms with E-state index < -0.39 is 30.2 Å². The molecule has 3 amide bonds. The molecule has 13 heteroatoms. The van der Waals surface area contributed by atoms with Gasteiger partial charge in [-0.05, 0) is 42.4 Å². The summed E-state index contributed by atoms with van der Waals surface area (Å²) in [5.74, 6) is -2.29. The number of halogens is 3. The molecule has 2 aromatic rings. The second-order valence-electron chi connectivity index (χ2n) is 8.33. The number of hydrogen-bond acceptors (Lipinski definition) is 7. The molecule has 0 saturated carbocycles. The number of piperidine rings is 1. The number of rotatable bonds is 7. The molecule has 2 saturated heterocycles. The minimum absolute atomic E-state index is 0.105. The van der Waals surface area contributed by atoms with Crippen LogP contribution in [-0.2, 0) is 6.61 Å². The van der Waals surface area contributed by atoms with Crippen molar-refractivity contribution >= 4 is 40.1 Å². The number of carbonyl (C=O) groups is 2. The Hall–Kier alpha value is -2.54. The molecule has 2 aliphatic rings. The number of aromatic nitrogens is 1. The maximum atomic E-state index is 14.0. The SMILES string of the molecule is NC(=O)c1c(OCc2cc(F)c(Cl)cc2F)nsc1NC(=O)NCC1CCC2CNCCN2C1. The molecule has 2 fully saturated rings. The molecule has 5 N–H and O–H groups in total. The topological polar surface area (TPSA) is 122 Å². The summed E-state index contributed by atoms with van der Waals surface area (Å²) in [7, 11) is 0. The fourth-order valence-electron chi connectivity index (χ4n) is 4.23. The molecule has 1 aromatic carbocycles. The van der Waals surface area contributed by atoms with Gasteiger partial charge in [0.2, 0.25) is 5.88 Å². The van der Waals surface area contributed by atoms with Crippen molar-refractivity contribution < 1.29 is 23.1 Å². The second-order valence-corrected chi connectivity index (χ2v) is 9.51. The van der Waals surface area contributed by atoms with Crippen molar-refractivity contribution in [3.8, 4) is 5.88 Å². The Kier molecular flexibility index (Phi) is 7.81. The zero-order valence-corrected chi connectivity index (χ0v) is 19.8. The molecule has 0 spiro atoms. The summed E-state index contributed by atoms with van der Waals surface area (Å²) in [6.07, 6.45) is 2.11. The molecule has 2 unspecified atom stereocenters. The standard InChI is InChI=1S/C21H25ClF2N6O3S/c22-14-6-15(23)12(5-16(14)24)10-33-19-17(18(25)31)20(34-29-19)28-21(32)27-7-11-1-2-13-8-26-3-4-30(13)9-11/h5-6,11,13,26H,1-4,7-10H2,(H2,25,31)(H2,27,28,32). The third-order valence-electron chi connectivity index (χ3n) is 6.01. The van der Waals surface area contributed by atoms with Gasteiger partial charge in [-0.3, -0.25) is 15.0 Å². The van der Waals surface area contributed by atoms with Crippen LogP contribution in [0.15, 0.2) is 12.1 Å². The summed E-state index contributed by atoms with van der Waals surface area (Å²) in [6.45, 7) is 4.00. The lowest BCUT2D eigenvalue weighted by molar-refractivity contribution is 0.0860. The van der Waals surface area contributed by atoms with Crippen LogP contribution in [0.4, 0.5) is 18.6 Å². The van der Waals surface area contributed by atoms with Gasteiger partial charge in [0.05, 0.1) is 5.02 Å². The van der Waals surface area contributed by atoms with Gasteiger partial charge in [0.1, 0.15) is 28.8 Å². The Morgan fingerprint density at radius 3 is 2.94 bits per heavy atom. The largest absolute Gasteiger partial charge is 0.471 e. The number of anilines is 1. The maximum absolute atomic E-state index is 14.0. The first-order valence-corrected chi connectivity index (χ1v) is 12.0. The Morgan fingerprint density at radius 1 is 1.32 bits per heavy atom. The predicted molar refractivity (Wildman–Crippen MR) is 124 cm³/mol. The first kappa shape index (κ1) is 24.6. The number of nitrogens with two attached hydrogens (primary N) is 1. The number of amides is 3. The number of urea groups is 1. The molecule has 0 bridgehead atoms. The quantitative estimate of drug-likeness (QED) is 0.421. The molecule has 34 heavy (non-hydrogen) atoms. The van der Waals surface area contributed by atoms with Crippen LogP contribution >= 0.6 is 23.1 Å². The van der Waals surface area contributed by atoms with Crippen LogP contribution < -0.4 is 26.4 Å². The smallest absolute Gasteiger partial charge is 0.319 e. The van der Waals surface area contributed by atoms with E-state index in [1.165, 1.54) is 0 Å². The summed E-state index contributed by atoms with van der Waals surface area (Å²) < 4.78 is 37.0. The van der Waals surface area contributed by atoms with Gasteiger partial charge < -0.3 is 21.1 Å². The summed E-state index contributed by atoms with van der Waals surface area (Å²) in [5.41, 5.74) is 5.19. The van der Waals surface area contributed by atoms with Gasteiger partial charge in [-0.25, -0.2) is 13.6 Å². The number of hydrogen-bond donors (Lipinski definition) is 4. The highest BCUT2D eigenvalue weighted by atomic mass is 35.5. The van der Waals surface area contributed by atoms with Crippen LogP contribution in [0.1, 0.15) is 28.8 Å². The Labute approximate surface area is 204 Å². The van der Waals surface area contributed by atoms with Gasteiger partial charge in [0, 0.05) is 44.3 Å². The molecular formula is C21H25ClF2N6O3S. The minimum Gasteiger partial charge on any atom is -0.471 e. The monoisotopic (exact) mass is 514 g/mol. The average molecular weight is 515 g/mol. The van der Waals surface area contributed by atoms with Crippen LogP contribution in [-0.4, -0.2) is 60.0 Å². The van der Waals surface area contributed by atoms with Crippen molar-refractivity contribution in [2.75, 3.05) is 38.0 Å². The van der Waals surface area contributed by atoms with Gasteiger partial charge in [0.15, 0.2) is 0 Å². The van der Waals surface area contributed by atoms with E-state index in [0.29, 0.717) is 18.5 Å². The van der Waals surface area contributed by atoms with Crippen molar-refractivity contribution in [1.82, 2.24) is 19.9 Å². The summed E-state index contributed by atoms with van der Waals surface area (Å²) in [6, 6.07) is 1.79. The third kappa shape index (κ3) is 5.74. The first-order valence-electron chi connectivity index (χ1n) is 10.9. The number of piperazine rings is 1. The highest BCUT2D eigenvalue weighted by molar-refractivity contribution is 7.11. The number of ether oxygens (including phenoxy) is 1. The van der Waals surface area contributed by atoms with E-state index >= 15 is 0 Å². The first-order chi connectivity index (χ1) is 16.3. The van der Waals surface area contributed by atoms with Crippen molar-refractivity contribution in [1.29, 1.82) is 0 Å². The highest BCUT2D eigenvalue weighted by Gasteiger charge is 2.30. The van der Waals surface area contributed by atoms with Gasteiger partial charge in [-0.15, -0.1) is 0 Å². The van der Waals surface area contributed by atoms with E-state index in [-0.39, 0.29) is 27.0 Å². The van der Waals surface area contributed by atoms with E-state index in [2.05, 4.69) is 25.2 Å². The third-order valence-corrected chi connectivity index (χ3v) is 7.05. The summed E-state index contributed by atoms with van der Waals surface area (Å²) in [5, 5.41) is 8.58. The molecule has 3 heterocycles. The van der Waals surface area contributed by atoms with Gasteiger partial charge in [-0.1, -0.05) is 11.6 Å². The highest BCUT2D eigenvalue weighted by Crippen LogP contribution is 2.31. The molecule has 1 aromatic heterocycles. The van der Waals surface area contributed by atoms with Crippen LogP contribution in [0.5, 0.6) is 5.88 Å². The van der Waals surface area contributed by atoms with Crippen molar-refractivity contribution in [3.05, 3.63) is 39.9 Å². The van der Waals surface area contributed by atoms with E-state index in [1.807, 2.05) is 0 Å². The van der Waals surface area contributed by atoms with Crippen LogP contribution in [0.25, 0.3) is 0 Å². The Bertz CT molecular complexity index is 1070. The summed E-state index contributed by atoms with van der Waals surface area (Å²) in [4.78, 5) is 26.9. The van der Waals surface area contributed by atoms with E-state index in [9.17, 15) is 18.4 Å². The van der Waals surface area contributed by atoms with E-state index in [1.54, 1.807) is 0 Å². The van der Waals surface area contributed by atoms with Gasteiger partial charge in [0.25, 0.3) is 5.91 Å². The molecule has 0 aliphatic carbocycles. The number of fused-ring (bicyclic) bond motifs is 1. The van der Waals surface area contributed by atoms with Gasteiger partial charge in [-0.2, -0.15) is 4.37 Å². The van der Waals surface area contributed by atoms with Crippen LogP contribution in [0, 0.1) is 17.6 Å². The molecule has 9 nitrogen and oxygen atoms in total. The Morgan fingerprint density at radius 2 is 2.15 bits per heavy atom. The number of nitrogens with zero attached hydrogens (tertiary/aromatic N) is 2. The predicted octanol–water partition coefficient (Wildman–Crippen LogP) is 2.56. The molecule has 2 atom stereocenters. The minimum atomic E-state index is -0.876. The number of carbonyl (C=O) groups excluding carboxylic acids is 2. The number of benzene rings is 1. The zero-order chi connectivity index (χ0) is 24.2. The van der Waals surface area contributed by atoms with E-state index in [4.69, 9.17) is 22.1 Å². The average Bonchev–Trinajstić information content (AvgIpc) is 3.21. The normalized spacial score (nSPS) is 20.4. The van der Waals surface area contributed by atoms with Crippen molar-refractivity contribution in [3.63, 3.8) is 0 Å². The lowest BCUT2D eigenvalue weighted by Gasteiger charge is -2.42. The molecule has 184 valence electrons. The van der Waals surface area contributed by atoms with Crippen molar-refractivity contribution in [2.24, 2.45) is 11.7 Å². The summed E-state index contributed by atoms with van der Waals surface area (Å²) >= 11 is 6.35. The number of primary amides is 1. The molecule has 2 aliphatic heterocycles. The second kappa shape index (κ2) is 10.8. The Balaban J connectivity index is 1.33.